The van der Waals surface area contributed by atoms with Gasteiger partial charge in [0.1, 0.15) is 11.5 Å². The summed E-state index contributed by atoms with van der Waals surface area (Å²) < 4.78 is 7.55. The van der Waals surface area contributed by atoms with Crippen LogP contribution in [0.2, 0.25) is 5.02 Å². The lowest BCUT2D eigenvalue weighted by atomic mass is 9.94. The largest absolute Gasteiger partial charge is 0.507 e. The number of para-hydroxylation sites is 1. The molecule has 0 saturated carbocycles. The first kappa shape index (κ1) is 24.7. The predicted molar refractivity (Wildman–Crippen MR) is 146 cm³/mol. The smallest absolute Gasteiger partial charge is 0.300 e. The number of anilines is 1. The molecule has 3 aromatic carbocycles. The molecule has 1 fully saturated rings. The van der Waals surface area contributed by atoms with Gasteiger partial charge >= 0.3 is 0 Å². The summed E-state index contributed by atoms with van der Waals surface area (Å²) in [5.41, 5.74) is 3.77. The zero-order valence-electron chi connectivity index (χ0n) is 20.9. The number of ketones is 1. The lowest BCUT2D eigenvalue weighted by molar-refractivity contribution is -0.132. The summed E-state index contributed by atoms with van der Waals surface area (Å²) >= 11 is 6.26. The molecule has 2 heterocycles. The summed E-state index contributed by atoms with van der Waals surface area (Å²) in [4.78, 5) is 28.6. The fourth-order valence-electron chi connectivity index (χ4n) is 4.95. The molecule has 1 amide bonds. The van der Waals surface area contributed by atoms with Crippen LogP contribution in [0.15, 0.2) is 78.5 Å². The molecule has 7 heteroatoms. The summed E-state index contributed by atoms with van der Waals surface area (Å²) in [6.07, 6.45) is 2.76. The molecule has 1 N–H and O–H groups in total. The minimum absolute atomic E-state index is 0.0192. The first-order valence-corrected chi connectivity index (χ1v) is 12.6. The normalized spacial score (nSPS) is 17.1. The molecule has 0 bridgehead atoms. The van der Waals surface area contributed by atoms with Crippen molar-refractivity contribution in [1.29, 1.82) is 0 Å². The Morgan fingerprint density at radius 2 is 1.76 bits per heavy atom. The Labute approximate surface area is 220 Å². The van der Waals surface area contributed by atoms with Gasteiger partial charge in [0, 0.05) is 41.0 Å². The van der Waals surface area contributed by atoms with Crippen LogP contribution in [0.4, 0.5) is 5.69 Å². The topological polar surface area (TPSA) is 71.8 Å². The molecule has 0 aliphatic carbocycles. The van der Waals surface area contributed by atoms with E-state index in [0.29, 0.717) is 28.6 Å². The number of fused-ring (bicyclic) bond motifs is 1. The van der Waals surface area contributed by atoms with Crippen LogP contribution < -0.4 is 9.64 Å². The van der Waals surface area contributed by atoms with Gasteiger partial charge in [0.25, 0.3) is 11.7 Å². The Kier molecular flexibility index (Phi) is 6.52. The van der Waals surface area contributed by atoms with Crippen LogP contribution in [0, 0.1) is 0 Å². The van der Waals surface area contributed by atoms with E-state index in [4.69, 9.17) is 16.3 Å². The van der Waals surface area contributed by atoms with Crippen LogP contribution in [0.25, 0.3) is 16.7 Å². The zero-order chi connectivity index (χ0) is 26.3. The van der Waals surface area contributed by atoms with Crippen LogP contribution in [0.1, 0.15) is 36.6 Å². The first-order valence-electron chi connectivity index (χ1n) is 12.2. The fourth-order valence-corrected chi connectivity index (χ4v) is 5.12. The number of hydrogen-bond acceptors (Lipinski definition) is 4. The van der Waals surface area contributed by atoms with E-state index >= 15 is 0 Å². The lowest BCUT2D eigenvalue weighted by Crippen LogP contribution is -2.29. The maximum Gasteiger partial charge on any atom is 0.300 e. The molecule has 1 atom stereocenters. The SMILES string of the molecule is CCOc1cc(/C(O)=C2\C(=O)C(=O)N(c3ccc(CC)cc3)C2c2cn(C)c3ccccc23)ccc1Cl. The van der Waals surface area contributed by atoms with Crippen LogP contribution in [0.5, 0.6) is 5.75 Å². The van der Waals surface area contributed by atoms with Crippen molar-refractivity contribution in [2.45, 2.75) is 26.3 Å². The van der Waals surface area contributed by atoms with Crippen molar-refractivity contribution < 1.29 is 19.4 Å². The molecule has 0 spiro atoms. The Morgan fingerprint density at radius 1 is 1.03 bits per heavy atom. The van der Waals surface area contributed by atoms with Crippen molar-refractivity contribution in [2.75, 3.05) is 11.5 Å². The standard InChI is InChI=1S/C30H27ClN2O4/c1-4-18-10-13-20(14-11-18)33-27(22-17-32(3)24-9-7-6-8-21(22)24)26(29(35)30(33)36)28(34)19-12-15-23(31)25(16-19)37-5-2/h6-17,27,34H,4-5H2,1-3H3/b28-26+. The summed E-state index contributed by atoms with van der Waals surface area (Å²) in [6, 6.07) is 19.4. The second kappa shape index (κ2) is 9.79. The summed E-state index contributed by atoms with van der Waals surface area (Å²) in [5.74, 6) is -1.33. The highest BCUT2D eigenvalue weighted by atomic mass is 35.5. The van der Waals surface area contributed by atoms with Crippen LogP contribution in [-0.4, -0.2) is 28.0 Å². The van der Waals surface area contributed by atoms with Gasteiger partial charge < -0.3 is 14.4 Å². The molecule has 37 heavy (non-hydrogen) atoms. The van der Waals surface area contributed by atoms with Crippen molar-refractivity contribution in [3.05, 3.63) is 100 Å². The van der Waals surface area contributed by atoms with Gasteiger partial charge in [-0.15, -0.1) is 0 Å². The minimum Gasteiger partial charge on any atom is -0.507 e. The number of hydrogen-bond donors (Lipinski definition) is 1. The maximum absolute atomic E-state index is 13.6. The van der Waals surface area contributed by atoms with Gasteiger partial charge in [-0.2, -0.15) is 0 Å². The third-order valence-corrected chi connectivity index (χ3v) is 7.11. The number of halogens is 1. The van der Waals surface area contributed by atoms with Crippen molar-refractivity contribution >= 4 is 45.6 Å². The van der Waals surface area contributed by atoms with E-state index < -0.39 is 17.7 Å². The van der Waals surface area contributed by atoms with Gasteiger partial charge in [-0.25, -0.2) is 0 Å². The van der Waals surface area contributed by atoms with E-state index in [1.165, 1.54) is 4.90 Å². The molecule has 1 aliphatic heterocycles. The lowest BCUT2D eigenvalue weighted by Gasteiger charge is -2.25. The number of ether oxygens (including phenoxy) is 1. The van der Waals surface area contributed by atoms with Crippen LogP contribution >= 0.6 is 11.6 Å². The molecular weight excluding hydrogens is 488 g/mol. The highest BCUT2D eigenvalue weighted by Gasteiger charge is 2.48. The molecule has 1 unspecified atom stereocenters. The third-order valence-electron chi connectivity index (χ3n) is 6.79. The second-order valence-corrected chi connectivity index (χ2v) is 9.39. The van der Waals surface area contributed by atoms with Crippen LogP contribution in [-0.2, 0) is 23.1 Å². The monoisotopic (exact) mass is 514 g/mol. The molecular formula is C30H27ClN2O4. The van der Waals surface area contributed by atoms with E-state index in [9.17, 15) is 14.7 Å². The van der Waals surface area contributed by atoms with Gasteiger partial charge in [0.15, 0.2) is 0 Å². The number of benzene rings is 3. The molecule has 1 aromatic heterocycles. The first-order chi connectivity index (χ1) is 17.8. The fraction of sp³-hybridized carbons (Fsp3) is 0.200. The molecule has 4 aromatic rings. The van der Waals surface area contributed by atoms with E-state index in [0.717, 1.165) is 28.5 Å². The number of aliphatic hydroxyl groups excluding tert-OH is 1. The van der Waals surface area contributed by atoms with Gasteiger partial charge in [0.2, 0.25) is 0 Å². The Morgan fingerprint density at radius 3 is 2.46 bits per heavy atom. The quantitative estimate of drug-likeness (QED) is 0.183. The summed E-state index contributed by atoms with van der Waals surface area (Å²) in [7, 11) is 1.92. The molecule has 0 radical (unpaired) electrons. The molecule has 6 nitrogen and oxygen atoms in total. The van der Waals surface area contributed by atoms with E-state index in [1.54, 1.807) is 18.2 Å². The third kappa shape index (κ3) is 4.17. The van der Waals surface area contributed by atoms with Crippen molar-refractivity contribution in [3.8, 4) is 5.75 Å². The average Bonchev–Trinajstić information content (AvgIpc) is 3.38. The summed E-state index contributed by atoms with van der Waals surface area (Å²) in [6.45, 7) is 4.27. The molecule has 1 aliphatic rings. The predicted octanol–water partition coefficient (Wildman–Crippen LogP) is 6.42. The number of Topliss-reactive ketones (excluding diaryl/α,β-unsaturated/α-hetero) is 1. The Balaban J connectivity index is 1.76. The molecule has 1 saturated heterocycles. The number of carbonyl (C=O) groups excluding carboxylic acids is 2. The Hall–Kier alpha value is -4.03. The van der Waals surface area contributed by atoms with Gasteiger partial charge in [-0.1, -0.05) is 48.9 Å². The number of aliphatic hydroxyl groups is 1. The highest BCUT2D eigenvalue weighted by Crippen LogP contribution is 2.45. The summed E-state index contributed by atoms with van der Waals surface area (Å²) in [5, 5.41) is 12.8. The number of aromatic nitrogens is 1. The van der Waals surface area contributed by atoms with Crippen molar-refractivity contribution in [3.63, 3.8) is 0 Å². The highest BCUT2D eigenvalue weighted by molar-refractivity contribution is 6.52. The number of nitrogens with zero attached hydrogens (tertiary/aromatic N) is 2. The second-order valence-electron chi connectivity index (χ2n) is 8.98. The zero-order valence-corrected chi connectivity index (χ0v) is 21.6. The van der Waals surface area contributed by atoms with Gasteiger partial charge in [-0.05, 0) is 55.3 Å². The molecule has 5 rings (SSSR count). The number of aryl methyl sites for hydroxylation is 2. The van der Waals surface area contributed by atoms with Gasteiger partial charge in [-0.3, -0.25) is 14.5 Å². The number of rotatable bonds is 6. The minimum atomic E-state index is -0.829. The van der Waals surface area contributed by atoms with Gasteiger partial charge in [0.05, 0.1) is 23.2 Å². The molecule has 188 valence electrons. The van der Waals surface area contributed by atoms with Crippen LogP contribution in [0.3, 0.4) is 0 Å². The maximum atomic E-state index is 13.6. The average molecular weight is 515 g/mol. The van der Waals surface area contributed by atoms with E-state index in [1.807, 2.05) is 73.3 Å². The van der Waals surface area contributed by atoms with E-state index in [2.05, 4.69) is 6.92 Å². The Bertz CT molecular complexity index is 1550. The van der Waals surface area contributed by atoms with E-state index in [-0.39, 0.29) is 11.3 Å². The van der Waals surface area contributed by atoms with Crippen molar-refractivity contribution in [2.24, 2.45) is 7.05 Å². The van der Waals surface area contributed by atoms with Crippen molar-refractivity contribution in [1.82, 2.24) is 4.57 Å². The number of carbonyl (C=O) groups is 2. The number of amides is 1.